The third kappa shape index (κ3) is 3.71. The van der Waals surface area contributed by atoms with Crippen molar-refractivity contribution < 1.29 is 9.26 Å². The summed E-state index contributed by atoms with van der Waals surface area (Å²) in [7, 11) is 0. The van der Waals surface area contributed by atoms with Crippen LogP contribution < -0.4 is 10.1 Å². The van der Waals surface area contributed by atoms with E-state index < -0.39 is 0 Å². The Morgan fingerprint density at radius 3 is 2.85 bits per heavy atom. The van der Waals surface area contributed by atoms with Crippen LogP contribution in [0.25, 0.3) is 0 Å². The Bertz CT molecular complexity index is 571. The molecule has 2 aromatic rings. The van der Waals surface area contributed by atoms with E-state index >= 15 is 0 Å². The number of hydrogen-bond acceptors (Lipinski definition) is 5. The number of halogens is 1. The van der Waals surface area contributed by atoms with Gasteiger partial charge in [-0.25, -0.2) is 0 Å². The van der Waals surface area contributed by atoms with E-state index in [1.165, 1.54) is 0 Å². The van der Waals surface area contributed by atoms with Crippen molar-refractivity contribution in [2.75, 3.05) is 6.54 Å². The molecular formula is C14H18ClN3O2. The second-order valence-electron chi connectivity index (χ2n) is 4.49. The van der Waals surface area contributed by atoms with E-state index in [-0.39, 0.29) is 12.6 Å². The van der Waals surface area contributed by atoms with Gasteiger partial charge in [-0.15, -0.1) is 0 Å². The monoisotopic (exact) mass is 295 g/mol. The van der Waals surface area contributed by atoms with Crippen molar-refractivity contribution in [3.8, 4) is 5.75 Å². The molecule has 0 aliphatic heterocycles. The molecule has 0 aliphatic carbocycles. The summed E-state index contributed by atoms with van der Waals surface area (Å²) in [5, 5.41) is 7.61. The number of ether oxygens (including phenoxy) is 1. The Hall–Kier alpha value is -1.59. The molecule has 1 heterocycles. The minimum Gasteiger partial charge on any atom is -0.482 e. The summed E-state index contributed by atoms with van der Waals surface area (Å²) in [6.07, 6.45) is 0. The molecule has 2 rings (SSSR count). The van der Waals surface area contributed by atoms with Crippen LogP contribution >= 0.6 is 11.6 Å². The van der Waals surface area contributed by atoms with Gasteiger partial charge < -0.3 is 14.6 Å². The van der Waals surface area contributed by atoms with Crippen molar-refractivity contribution in [1.29, 1.82) is 0 Å². The number of benzene rings is 1. The standard InChI is InChI=1S/C14H18ClN3O2/c1-4-16-9(2)11-5-6-13(12(15)7-11)19-8-14-17-10(3)18-20-14/h5-7,9,16H,4,8H2,1-3H3. The Morgan fingerprint density at radius 1 is 1.45 bits per heavy atom. The average Bonchev–Trinajstić information content (AvgIpc) is 2.83. The molecule has 0 aliphatic rings. The number of nitrogens with one attached hydrogen (secondary N) is 1. The Labute approximate surface area is 123 Å². The van der Waals surface area contributed by atoms with Crippen LogP contribution in [0.3, 0.4) is 0 Å². The first-order chi connectivity index (χ1) is 9.60. The topological polar surface area (TPSA) is 60.2 Å². The molecule has 0 amide bonds. The predicted molar refractivity (Wildman–Crippen MR) is 76.9 cm³/mol. The molecule has 0 fully saturated rings. The van der Waals surface area contributed by atoms with Gasteiger partial charge in [0, 0.05) is 6.04 Å². The summed E-state index contributed by atoms with van der Waals surface area (Å²) in [4.78, 5) is 4.07. The number of hydrogen-bond donors (Lipinski definition) is 1. The van der Waals surface area contributed by atoms with Crippen LogP contribution in [0.15, 0.2) is 22.7 Å². The second kappa shape index (κ2) is 6.72. The van der Waals surface area contributed by atoms with Crippen molar-refractivity contribution in [2.45, 2.75) is 33.4 Å². The lowest BCUT2D eigenvalue weighted by molar-refractivity contribution is 0.242. The van der Waals surface area contributed by atoms with E-state index in [9.17, 15) is 0 Å². The van der Waals surface area contributed by atoms with Gasteiger partial charge >= 0.3 is 0 Å². The molecule has 20 heavy (non-hydrogen) atoms. The molecule has 108 valence electrons. The first-order valence-corrected chi connectivity index (χ1v) is 6.92. The van der Waals surface area contributed by atoms with E-state index in [1.807, 2.05) is 18.2 Å². The number of aryl methyl sites for hydroxylation is 1. The molecule has 0 bridgehead atoms. The van der Waals surface area contributed by atoms with E-state index in [2.05, 4.69) is 29.3 Å². The van der Waals surface area contributed by atoms with Gasteiger partial charge in [0.15, 0.2) is 12.4 Å². The minimum atomic E-state index is 0.211. The van der Waals surface area contributed by atoms with Gasteiger partial charge in [-0.05, 0) is 38.1 Å². The highest BCUT2D eigenvalue weighted by molar-refractivity contribution is 6.32. The maximum absolute atomic E-state index is 6.23. The normalized spacial score (nSPS) is 12.4. The highest BCUT2D eigenvalue weighted by Crippen LogP contribution is 2.28. The quantitative estimate of drug-likeness (QED) is 0.886. The zero-order valence-corrected chi connectivity index (χ0v) is 12.6. The van der Waals surface area contributed by atoms with Gasteiger partial charge in [0.2, 0.25) is 0 Å². The van der Waals surface area contributed by atoms with Gasteiger partial charge in [0.1, 0.15) is 5.75 Å². The fraction of sp³-hybridized carbons (Fsp3) is 0.429. The van der Waals surface area contributed by atoms with Gasteiger partial charge in [-0.3, -0.25) is 0 Å². The summed E-state index contributed by atoms with van der Waals surface area (Å²) in [6.45, 7) is 7.05. The smallest absolute Gasteiger partial charge is 0.264 e. The molecule has 0 radical (unpaired) electrons. The lowest BCUT2D eigenvalue weighted by Crippen LogP contribution is -2.17. The minimum absolute atomic E-state index is 0.211. The Morgan fingerprint density at radius 2 is 2.25 bits per heavy atom. The third-order valence-corrected chi connectivity index (χ3v) is 3.18. The van der Waals surface area contributed by atoms with Crippen LogP contribution in [0.1, 0.15) is 37.2 Å². The zero-order valence-electron chi connectivity index (χ0n) is 11.8. The largest absolute Gasteiger partial charge is 0.482 e. The lowest BCUT2D eigenvalue weighted by atomic mass is 10.1. The summed E-state index contributed by atoms with van der Waals surface area (Å²) in [5.41, 5.74) is 1.12. The van der Waals surface area contributed by atoms with Gasteiger partial charge in [0.25, 0.3) is 5.89 Å². The van der Waals surface area contributed by atoms with Crippen LogP contribution in [-0.2, 0) is 6.61 Å². The van der Waals surface area contributed by atoms with Crippen molar-refractivity contribution in [3.63, 3.8) is 0 Å². The fourth-order valence-electron chi connectivity index (χ4n) is 1.87. The fourth-order valence-corrected chi connectivity index (χ4v) is 2.11. The summed E-state index contributed by atoms with van der Waals surface area (Å²) < 4.78 is 10.6. The SMILES string of the molecule is CCNC(C)c1ccc(OCc2nc(C)no2)c(Cl)c1. The average molecular weight is 296 g/mol. The van der Waals surface area contributed by atoms with Crippen LogP contribution in [0, 0.1) is 6.92 Å². The van der Waals surface area contributed by atoms with Gasteiger partial charge in [-0.2, -0.15) is 4.98 Å². The molecular weight excluding hydrogens is 278 g/mol. The molecule has 6 heteroatoms. The molecule has 0 spiro atoms. The molecule has 0 saturated carbocycles. The van der Waals surface area contributed by atoms with Crippen LogP contribution in [0.5, 0.6) is 5.75 Å². The number of aromatic nitrogens is 2. The van der Waals surface area contributed by atoms with Crippen molar-refractivity contribution >= 4 is 11.6 Å². The van der Waals surface area contributed by atoms with E-state index in [0.717, 1.165) is 12.1 Å². The molecule has 1 N–H and O–H groups in total. The van der Waals surface area contributed by atoms with E-state index in [1.54, 1.807) is 6.92 Å². The van der Waals surface area contributed by atoms with Crippen LogP contribution in [-0.4, -0.2) is 16.7 Å². The van der Waals surface area contributed by atoms with Gasteiger partial charge in [-0.1, -0.05) is 29.7 Å². The molecule has 5 nitrogen and oxygen atoms in total. The van der Waals surface area contributed by atoms with Crippen molar-refractivity contribution in [3.05, 3.63) is 40.5 Å². The van der Waals surface area contributed by atoms with Crippen LogP contribution in [0.2, 0.25) is 5.02 Å². The molecule has 1 unspecified atom stereocenters. The molecule has 1 atom stereocenters. The second-order valence-corrected chi connectivity index (χ2v) is 4.90. The number of nitrogens with zero attached hydrogens (tertiary/aromatic N) is 2. The summed E-state index contributed by atoms with van der Waals surface area (Å²) >= 11 is 6.23. The summed E-state index contributed by atoms with van der Waals surface area (Å²) in [6, 6.07) is 6.01. The number of rotatable bonds is 6. The highest BCUT2D eigenvalue weighted by atomic mass is 35.5. The van der Waals surface area contributed by atoms with Crippen molar-refractivity contribution in [2.24, 2.45) is 0 Å². The van der Waals surface area contributed by atoms with Gasteiger partial charge in [0.05, 0.1) is 5.02 Å². The molecule has 0 saturated heterocycles. The lowest BCUT2D eigenvalue weighted by Gasteiger charge is -2.14. The highest BCUT2D eigenvalue weighted by Gasteiger charge is 2.10. The third-order valence-electron chi connectivity index (χ3n) is 2.89. The zero-order chi connectivity index (χ0) is 14.5. The Balaban J connectivity index is 2.02. The predicted octanol–water partition coefficient (Wildman–Crippen LogP) is 3.28. The van der Waals surface area contributed by atoms with Crippen molar-refractivity contribution in [1.82, 2.24) is 15.5 Å². The maximum atomic E-state index is 6.23. The summed E-state index contributed by atoms with van der Waals surface area (Å²) in [5.74, 6) is 1.63. The maximum Gasteiger partial charge on any atom is 0.264 e. The first-order valence-electron chi connectivity index (χ1n) is 6.55. The van der Waals surface area contributed by atoms with E-state index in [0.29, 0.717) is 22.5 Å². The van der Waals surface area contributed by atoms with Crippen LogP contribution in [0.4, 0.5) is 0 Å². The molecule has 1 aromatic carbocycles. The van der Waals surface area contributed by atoms with E-state index in [4.69, 9.17) is 20.9 Å². The Kier molecular flexibility index (Phi) is 4.98. The first kappa shape index (κ1) is 14.8. The molecule has 1 aromatic heterocycles.